The van der Waals surface area contributed by atoms with E-state index in [-0.39, 0.29) is 43.4 Å². The Bertz CT molecular complexity index is 1000. The molecule has 2 heterocycles. The minimum atomic E-state index is -3.62. The van der Waals surface area contributed by atoms with Crippen LogP contribution in [-0.4, -0.2) is 59.0 Å². The third-order valence-electron chi connectivity index (χ3n) is 4.81. The fourth-order valence-corrected chi connectivity index (χ4v) is 4.77. The Balaban J connectivity index is 1.66. The summed E-state index contributed by atoms with van der Waals surface area (Å²) < 4.78 is 39.9. The lowest BCUT2D eigenvalue weighted by molar-refractivity contribution is -0.386. The summed E-state index contributed by atoms with van der Waals surface area (Å²) in [6.45, 7) is 5.57. The number of nitro groups is 1. The lowest BCUT2D eigenvalue weighted by Gasteiger charge is -2.30. The van der Waals surface area contributed by atoms with E-state index >= 15 is 0 Å². The van der Waals surface area contributed by atoms with Crippen LogP contribution in [0.2, 0.25) is 0 Å². The van der Waals surface area contributed by atoms with E-state index < -0.39 is 21.1 Å². The molecule has 0 saturated carbocycles. The minimum Gasteiger partial charge on any atom is -0.486 e. The molecule has 3 rings (SSSR count). The summed E-state index contributed by atoms with van der Waals surface area (Å²) in [4.78, 5) is 10.6. The predicted molar refractivity (Wildman–Crippen MR) is 106 cm³/mol. The standard InChI is InChI=1S/C18H24N4O6S/c1-4-20(11-15-12-27-16-7-5-6-8-17(16)28-15)29(25,26)10-9-21-14(3)18(22(23)24)13(2)19-21/h5-8,15H,4,9-12H2,1-3H3/t15-/m0/s1. The second-order valence-electron chi connectivity index (χ2n) is 6.76. The first-order chi connectivity index (χ1) is 13.7. The first kappa shape index (κ1) is 21.1. The Labute approximate surface area is 169 Å². The van der Waals surface area contributed by atoms with Gasteiger partial charge in [0.25, 0.3) is 0 Å². The van der Waals surface area contributed by atoms with Gasteiger partial charge in [0.15, 0.2) is 11.5 Å². The van der Waals surface area contributed by atoms with Gasteiger partial charge in [-0.2, -0.15) is 9.40 Å². The highest BCUT2D eigenvalue weighted by molar-refractivity contribution is 7.89. The van der Waals surface area contributed by atoms with Crippen LogP contribution in [0.25, 0.3) is 0 Å². The molecule has 29 heavy (non-hydrogen) atoms. The zero-order valence-electron chi connectivity index (χ0n) is 16.6. The van der Waals surface area contributed by atoms with E-state index in [4.69, 9.17) is 9.47 Å². The van der Waals surface area contributed by atoms with Crippen molar-refractivity contribution in [2.45, 2.75) is 33.4 Å². The number of aromatic nitrogens is 2. The van der Waals surface area contributed by atoms with E-state index in [0.717, 1.165) is 0 Å². The maximum atomic E-state index is 12.8. The van der Waals surface area contributed by atoms with Crippen LogP contribution in [0.15, 0.2) is 24.3 Å². The van der Waals surface area contributed by atoms with E-state index in [1.54, 1.807) is 26.0 Å². The maximum absolute atomic E-state index is 12.8. The second kappa shape index (κ2) is 8.37. The minimum absolute atomic E-state index is 0.0319. The summed E-state index contributed by atoms with van der Waals surface area (Å²) in [6, 6.07) is 7.25. The number of ether oxygens (including phenoxy) is 2. The lowest BCUT2D eigenvalue weighted by atomic mass is 10.2. The second-order valence-corrected chi connectivity index (χ2v) is 8.85. The Morgan fingerprint density at radius 1 is 1.31 bits per heavy atom. The number of aryl methyl sites for hydroxylation is 2. The van der Waals surface area contributed by atoms with Crippen molar-refractivity contribution in [1.29, 1.82) is 0 Å². The summed E-state index contributed by atoms with van der Waals surface area (Å²) in [5.41, 5.74) is 0.524. The summed E-state index contributed by atoms with van der Waals surface area (Å²) >= 11 is 0. The van der Waals surface area contributed by atoms with Crippen LogP contribution < -0.4 is 9.47 Å². The number of benzene rings is 1. The van der Waals surface area contributed by atoms with Gasteiger partial charge in [-0.1, -0.05) is 19.1 Å². The smallest absolute Gasteiger partial charge is 0.312 e. The number of hydrogen-bond donors (Lipinski definition) is 0. The van der Waals surface area contributed by atoms with Crippen molar-refractivity contribution >= 4 is 15.7 Å². The Morgan fingerprint density at radius 2 is 2.00 bits per heavy atom. The van der Waals surface area contributed by atoms with Crippen molar-refractivity contribution in [3.8, 4) is 11.5 Å². The van der Waals surface area contributed by atoms with Crippen molar-refractivity contribution < 1.29 is 22.8 Å². The Morgan fingerprint density at radius 3 is 2.62 bits per heavy atom. The molecule has 1 aliphatic rings. The van der Waals surface area contributed by atoms with Gasteiger partial charge in [0.1, 0.15) is 24.1 Å². The molecule has 0 saturated heterocycles. The van der Waals surface area contributed by atoms with Gasteiger partial charge in [-0.3, -0.25) is 14.8 Å². The summed E-state index contributed by atoms with van der Waals surface area (Å²) in [6.07, 6.45) is -0.422. The van der Waals surface area contributed by atoms with E-state index in [0.29, 0.717) is 17.2 Å². The maximum Gasteiger partial charge on any atom is 0.312 e. The van der Waals surface area contributed by atoms with Gasteiger partial charge in [-0.05, 0) is 26.0 Å². The highest BCUT2D eigenvalue weighted by Gasteiger charge is 2.29. The van der Waals surface area contributed by atoms with Crippen LogP contribution >= 0.6 is 0 Å². The molecule has 11 heteroatoms. The molecular formula is C18H24N4O6S. The molecule has 1 aromatic carbocycles. The van der Waals surface area contributed by atoms with Crippen LogP contribution in [0.1, 0.15) is 18.3 Å². The topological polar surface area (TPSA) is 117 Å². The third kappa shape index (κ3) is 4.51. The van der Waals surface area contributed by atoms with Crippen molar-refractivity contribution in [3.63, 3.8) is 0 Å². The van der Waals surface area contributed by atoms with E-state index in [1.807, 2.05) is 12.1 Å². The molecular weight excluding hydrogens is 400 g/mol. The lowest BCUT2D eigenvalue weighted by Crippen LogP contribution is -2.44. The molecule has 0 unspecified atom stereocenters. The number of sulfonamides is 1. The molecule has 2 aromatic rings. The average molecular weight is 424 g/mol. The monoisotopic (exact) mass is 424 g/mol. The molecule has 0 bridgehead atoms. The molecule has 1 aliphatic heterocycles. The van der Waals surface area contributed by atoms with Gasteiger partial charge < -0.3 is 9.47 Å². The highest BCUT2D eigenvalue weighted by Crippen LogP contribution is 2.31. The van der Waals surface area contributed by atoms with Crippen LogP contribution in [0.3, 0.4) is 0 Å². The average Bonchev–Trinajstić information content (AvgIpc) is 2.97. The van der Waals surface area contributed by atoms with Gasteiger partial charge in [-0.25, -0.2) is 8.42 Å². The van der Waals surface area contributed by atoms with E-state index in [1.165, 1.54) is 15.9 Å². The molecule has 0 fully saturated rings. The van der Waals surface area contributed by atoms with Gasteiger partial charge in [0.05, 0.1) is 23.8 Å². The predicted octanol–water partition coefficient (Wildman–Crippen LogP) is 1.90. The molecule has 1 aromatic heterocycles. The molecule has 1 atom stereocenters. The Kier molecular flexibility index (Phi) is 6.08. The van der Waals surface area contributed by atoms with Crippen molar-refractivity contribution in [2.24, 2.45) is 0 Å². The molecule has 10 nitrogen and oxygen atoms in total. The SMILES string of the molecule is CCN(C[C@H]1COc2ccccc2O1)S(=O)(=O)CCn1nc(C)c([N+](=O)[O-])c1C. The molecule has 0 aliphatic carbocycles. The van der Waals surface area contributed by atoms with Gasteiger partial charge in [0.2, 0.25) is 10.0 Å². The largest absolute Gasteiger partial charge is 0.486 e. The van der Waals surface area contributed by atoms with E-state index in [9.17, 15) is 18.5 Å². The molecule has 0 N–H and O–H groups in total. The quantitative estimate of drug-likeness (QED) is 0.469. The van der Waals surface area contributed by atoms with Crippen LogP contribution in [0.4, 0.5) is 5.69 Å². The van der Waals surface area contributed by atoms with Crippen molar-refractivity contribution in [1.82, 2.24) is 14.1 Å². The summed E-state index contributed by atoms with van der Waals surface area (Å²) in [5, 5.41) is 15.2. The van der Waals surface area contributed by atoms with Gasteiger partial charge in [0, 0.05) is 6.54 Å². The number of fused-ring (bicyclic) bond motifs is 1. The van der Waals surface area contributed by atoms with Crippen molar-refractivity contribution in [2.75, 3.05) is 25.4 Å². The van der Waals surface area contributed by atoms with E-state index in [2.05, 4.69) is 5.10 Å². The van der Waals surface area contributed by atoms with Crippen LogP contribution in [0.5, 0.6) is 11.5 Å². The zero-order chi connectivity index (χ0) is 21.2. The number of para-hydroxylation sites is 2. The number of nitrogens with zero attached hydrogens (tertiary/aromatic N) is 4. The number of likely N-dealkylation sites (N-methyl/N-ethyl adjacent to an activating group) is 1. The summed E-state index contributed by atoms with van der Waals surface area (Å²) in [7, 11) is -3.62. The first-order valence-electron chi connectivity index (χ1n) is 9.27. The zero-order valence-corrected chi connectivity index (χ0v) is 17.4. The highest BCUT2D eigenvalue weighted by atomic mass is 32.2. The fraction of sp³-hybridized carbons (Fsp3) is 0.500. The van der Waals surface area contributed by atoms with Gasteiger partial charge in [-0.15, -0.1) is 0 Å². The molecule has 0 amide bonds. The molecule has 0 radical (unpaired) electrons. The van der Waals surface area contributed by atoms with Crippen LogP contribution in [-0.2, 0) is 16.6 Å². The molecule has 158 valence electrons. The van der Waals surface area contributed by atoms with Crippen LogP contribution in [0, 0.1) is 24.0 Å². The first-order valence-corrected chi connectivity index (χ1v) is 10.9. The van der Waals surface area contributed by atoms with Gasteiger partial charge >= 0.3 is 5.69 Å². The third-order valence-corrected chi connectivity index (χ3v) is 6.70. The molecule has 0 spiro atoms. The van der Waals surface area contributed by atoms with Crippen molar-refractivity contribution in [3.05, 3.63) is 45.8 Å². The number of rotatable bonds is 8. The Hall–Kier alpha value is -2.66. The fourth-order valence-electron chi connectivity index (χ4n) is 3.32. The normalized spacial score (nSPS) is 16.2. The number of hydrogen-bond acceptors (Lipinski definition) is 7. The summed E-state index contributed by atoms with van der Waals surface area (Å²) in [5.74, 6) is 1.01.